The van der Waals surface area contributed by atoms with Crippen LogP contribution in [0.3, 0.4) is 0 Å². The van der Waals surface area contributed by atoms with Gasteiger partial charge in [0, 0.05) is 10.9 Å². The summed E-state index contributed by atoms with van der Waals surface area (Å²) in [5.41, 5.74) is 6.59. The molecule has 1 aromatic carbocycles. The number of anilines is 1. The first-order valence-electron chi connectivity index (χ1n) is 8.59. The zero-order valence-corrected chi connectivity index (χ0v) is 17.2. The molecule has 156 valence electrons. The van der Waals surface area contributed by atoms with E-state index in [1.165, 1.54) is 20.3 Å². The molecule has 0 atom stereocenters. The normalized spacial score (nSPS) is 10.5. The minimum atomic E-state index is -0.747. The number of rotatable bonds is 6. The van der Waals surface area contributed by atoms with Crippen LogP contribution in [0.15, 0.2) is 30.3 Å². The highest BCUT2D eigenvalue weighted by atomic mass is 32.1. The van der Waals surface area contributed by atoms with Crippen LogP contribution in [0.5, 0.6) is 5.75 Å². The van der Waals surface area contributed by atoms with Crippen LogP contribution in [0.25, 0.3) is 10.9 Å². The summed E-state index contributed by atoms with van der Waals surface area (Å²) in [5.74, 6) is -1.52. The second-order valence-electron chi connectivity index (χ2n) is 5.96. The molecule has 0 amide bonds. The van der Waals surface area contributed by atoms with Crippen molar-refractivity contribution in [1.82, 2.24) is 4.98 Å². The molecule has 3 aromatic rings. The summed E-state index contributed by atoms with van der Waals surface area (Å²) >= 11 is 0.854. The number of benzene rings is 1. The van der Waals surface area contributed by atoms with Crippen molar-refractivity contribution in [2.24, 2.45) is 0 Å². The number of carbonyl (C=O) groups is 3. The van der Waals surface area contributed by atoms with Gasteiger partial charge in [0.2, 0.25) is 0 Å². The van der Waals surface area contributed by atoms with Gasteiger partial charge in [-0.2, -0.15) is 0 Å². The zero-order valence-electron chi connectivity index (χ0n) is 16.4. The van der Waals surface area contributed by atoms with E-state index < -0.39 is 17.9 Å². The number of hydrogen-bond donors (Lipinski definition) is 1. The van der Waals surface area contributed by atoms with Gasteiger partial charge in [0.15, 0.2) is 0 Å². The molecule has 2 N–H and O–H groups in total. The fraction of sp³-hybridized carbons (Fsp3) is 0.200. The molecular formula is C20H18N2O7S. The summed E-state index contributed by atoms with van der Waals surface area (Å²) in [6.07, 6.45) is 0. The van der Waals surface area contributed by atoms with Gasteiger partial charge in [-0.1, -0.05) is 6.07 Å². The van der Waals surface area contributed by atoms with Crippen LogP contribution in [0.1, 0.15) is 36.1 Å². The number of nitrogens with two attached hydrogens (primary N) is 1. The first-order chi connectivity index (χ1) is 14.4. The molecule has 0 radical (unpaired) electrons. The number of hydrogen-bond acceptors (Lipinski definition) is 10. The molecule has 0 fully saturated rings. The van der Waals surface area contributed by atoms with Gasteiger partial charge in [0.05, 0.1) is 26.8 Å². The zero-order chi connectivity index (χ0) is 21.8. The minimum Gasteiger partial charge on any atom is -0.497 e. The number of fused-ring (bicyclic) bond motifs is 1. The topological polar surface area (TPSA) is 127 Å². The number of esters is 3. The minimum absolute atomic E-state index is 0.0331. The van der Waals surface area contributed by atoms with Crippen LogP contribution in [0, 0.1) is 0 Å². The Morgan fingerprint density at radius 1 is 1.00 bits per heavy atom. The Morgan fingerprint density at radius 2 is 1.73 bits per heavy atom. The number of pyridine rings is 1. The van der Waals surface area contributed by atoms with Gasteiger partial charge in [-0.05, 0) is 24.3 Å². The van der Waals surface area contributed by atoms with Crippen molar-refractivity contribution in [3.63, 3.8) is 0 Å². The summed E-state index contributed by atoms with van der Waals surface area (Å²) in [4.78, 5) is 41.0. The number of ether oxygens (including phenoxy) is 4. The smallest absolute Gasteiger partial charge is 0.357 e. The Balaban J connectivity index is 1.87. The van der Waals surface area contributed by atoms with Crippen molar-refractivity contribution in [2.75, 3.05) is 27.1 Å². The summed E-state index contributed by atoms with van der Waals surface area (Å²) in [6, 6.07) is 8.45. The van der Waals surface area contributed by atoms with Crippen LogP contribution in [-0.4, -0.2) is 44.2 Å². The molecule has 0 aliphatic carbocycles. The standard InChI is InChI=1S/C20H18N2O7S/c1-26-11-5-7-13-10(8-11)4-6-14(22-13)18(23)29-9-12-15(19(24)27-2)17(21)30-16(12)20(25)28-3/h4-8H,9,21H2,1-3H3. The molecule has 0 saturated carbocycles. The van der Waals surface area contributed by atoms with Gasteiger partial charge in [-0.15, -0.1) is 11.3 Å². The molecule has 0 spiro atoms. The quantitative estimate of drug-likeness (QED) is 0.464. The maximum atomic E-state index is 12.5. The SMILES string of the molecule is COC(=O)c1sc(N)c(C(=O)OC)c1COC(=O)c1ccc2cc(OC)ccc2n1. The second kappa shape index (κ2) is 8.78. The molecule has 0 aliphatic heterocycles. The van der Waals surface area contributed by atoms with Gasteiger partial charge in [-0.25, -0.2) is 19.4 Å². The van der Waals surface area contributed by atoms with E-state index in [-0.39, 0.29) is 33.3 Å². The van der Waals surface area contributed by atoms with E-state index in [2.05, 4.69) is 4.98 Å². The number of aromatic nitrogens is 1. The monoisotopic (exact) mass is 430 g/mol. The van der Waals surface area contributed by atoms with Crippen LogP contribution in [-0.2, 0) is 20.8 Å². The molecule has 2 aromatic heterocycles. The third kappa shape index (κ3) is 4.03. The third-order valence-electron chi connectivity index (χ3n) is 4.25. The van der Waals surface area contributed by atoms with Crippen molar-refractivity contribution in [1.29, 1.82) is 0 Å². The molecular weight excluding hydrogens is 412 g/mol. The largest absolute Gasteiger partial charge is 0.497 e. The highest BCUT2D eigenvalue weighted by Gasteiger charge is 2.28. The Labute approximate surface area is 175 Å². The molecule has 2 heterocycles. The van der Waals surface area contributed by atoms with Gasteiger partial charge in [0.1, 0.15) is 33.5 Å². The van der Waals surface area contributed by atoms with Crippen LogP contribution < -0.4 is 10.5 Å². The second-order valence-corrected chi connectivity index (χ2v) is 7.02. The molecule has 9 nitrogen and oxygen atoms in total. The van der Waals surface area contributed by atoms with E-state index in [1.54, 1.807) is 31.4 Å². The molecule has 0 saturated heterocycles. The molecule has 0 unspecified atom stereocenters. The fourth-order valence-electron chi connectivity index (χ4n) is 2.76. The third-order valence-corrected chi connectivity index (χ3v) is 5.29. The average molecular weight is 430 g/mol. The Bertz CT molecular complexity index is 1140. The molecule has 0 aliphatic rings. The highest BCUT2D eigenvalue weighted by molar-refractivity contribution is 7.18. The first kappa shape index (κ1) is 21.1. The van der Waals surface area contributed by atoms with E-state index in [1.807, 2.05) is 0 Å². The van der Waals surface area contributed by atoms with Gasteiger partial charge in [0.25, 0.3) is 0 Å². The molecule has 3 rings (SSSR count). The van der Waals surface area contributed by atoms with Gasteiger partial charge < -0.3 is 24.7 Å². The lowest BCUT2D eigenvalue weighted by molar-refractivity contribution is 0.0447. The molecule has 0 bridgehead atoms. The Hall–Kier alpha value is -3.66. The van der Waals surface area contributed by atoms with Crippen molar-refractivity contribution < 1.29 is 33.3 Å². The van der Waals surface area contributed by atoms with Crippen LogP contribution in [0.4, 0.5) is 5.00 Å². The maximum absolute atomic E-state index is 12.5. The predicted molar refractivity (Wildman–Crippen MR) is 109 cm³/mol. The highest BCUT2D eigenvalue weighted by Crippen LogP contribution is 2.33. The van der Waals surface area contributed by atoms with Crippen LogP contribution in [0.2, 0.25) is 0 Å². The van der Waals surface area contributed by atoms with Crippen molar-refractivity contribution in [3.05, 3.63) is 52.0 Å². The van der Waals surface area contributed by atoms with Gasteiger partial charge in [-0.3, -0.25) is 0 Å². The van der Waals surface area contributed by atoms with E-state index in [9.17, 15) is 14.4 Å². The number of nitrogen functional groups attached to an aromatic ring is 1. The van der Waals surface area contributed by atoms with Gasteiger partial charge >= 0.3 is 17.9 Å². The lowest BCUT2D eigenvalue weighted by atomic mass is 10.1. The Morgan fingerprint density at radius 3 is 2.40 bits per heavy atom. The van der Waals surface area contributed by atoms with E-state index in [0.717, 1.165) is 16.7 Å². The van der Waals surface area contributed by atoms with Crippen molar-refractivity contribution in [2.45, 2.75) is 6.61 Å². The number of methoxy groups -OCH3 is 3. The summed E-state index contributed by atoms with van der Waals surface area (Å²) in [5, 5.41) is 0.850. The summed E-state index contributed by atoms with van der Waals surface area (Å²) in [6.45, 7) is -0.385. The summed E-state index contributed by atoms with van der Waals surface area (Å²) in [7, 11) is 3.93. The first-order valence-corrected chi connectivity index (χ1v) is 9.41. The molecule has 30 heavy (non-hydrogen) atoms. The predicted octanol–water partition coefficient (Wildman–Crippen LogP) is 2.82. The van der Waals surface area contributed by atoms with Crippen LogP contribution >= 0.6 is 11.3 Å². The average Bonchev–Trinajstić information content (AvgIpc) is 3.11. The lowest BCUT2D eigenvalue weighted by Crippen LogP contribution is -2.13. The maximum Gasteiger partial charge on any atom is 0.357 e. The molecule has 10 heteroatoms. The van der Waals surface area contributed by atoms with E-state index in [0.29, 0.717) is 11.3 Å². The van der Waals surface area contributed by atoms with Crippen molar-refractivity contribution >= 4 is 45.1 Å². The van der Waals surface area contributed by atoms with Crippen molar-refractivity contribution in [3.8, 4) is 5.75 Å². The lowest BCUT2D eigenvalue weighted by Gasteiger charge is -2.08. The number of nitrogens with zero attached hydrogens (tertiary/aromatic N) is 1. The Kier molecular flexibility index (Phi) is 6.17. The number of carbonyl (C=O) groups excluding carboxylic acids is 3. The summed E-state index contributed by atoms with van der Waals surface area (Å²) < 4.78 is 19.9. The fourth-order valence-corrected chi connectivity index (χ4v) is 3.74. The van der Waals surface area contributed by atoms with E-state index >= 15 is 0 Å². The van der Waals surface area contributed by atoms with E-state index in [4.69, 9.17) is 24.7 Å². The number of thiophene rings is 1.